The Kier molecular flexibility index (Phi) is 4.86. The summed E-state index contributed by atoms with van der Waals surface area (Å²) in [6.45, 7) is 7.76. The molecule has 0 bridgehead atoms. The molecule has 0 atom stereocenters. The number of nitrogens with zero attached hydrogens (tertiary/aromatic N) is 3. The highest BCUT2D eigenvalue weighted by molar-refractivity contribution is 6.32. The van der Waals surface area contributed by atoms with E-state index in [1.165, 1.54) is 12.1 Å². The van der Waals surface area contributed by atoms with Crippen molar-refractivity contribution >= 4 is 17.3 Å². The Bertz CT molecular complexity index is 918. The first-order valence-corrected chi connectivity index (χ1v) is 8.80. The summed E-state index contributed by atoms with van der Waals surface area (Å²) in [4.78, 5) is 32.7. The summed E-state index contributed by atoms with van der Waals surface area (Å²) in [5.74, 6) is 0.697. The van der Waals surface area contributed by atoms with Crippen LogP contribution < -0.4 is 5.56 Å². The summed E-state index contributed by atoms with van der Waals surface area (Å²) in [5.41, 5.74) is 1.89. The van der Waals surface area contributed by atoms with Crippen LogP contribution in [0.15, 0.2) is 23.0 Å². The molecule has 1 N–H and O–H groups in total. The van der Waals surface area contributed by atoms with Gasteiger partial charge in [0.1, 0.15) is 10.8 Å². The highest BCUT2D eigenvalue weighted by Crippen LogP contribution is 2.27. The first-order valence-electron chi connectivity index (χ1n) is 8.43. The number of H-pyrrole nitrogens is 1. The lowest BCUT2D eigenvalue weighted by Crippen LogP contribution is -2.37. The number of nitro benzene ring substituents is 1. The van der Waals surface area contributed by atoms with Gasteiger partial charge in [-0.25, -0.2) is 4.98 Å². The average molecular weight is 377 g/mol. The third-order valence-electron chi connectivity index (χ3n) is 4.47. The summed E-state index contributed by atoms with van der Waals surface area (Å²) >= 11 is 5.86. The Balaban J connectivity index is 1.82. The molecule has 0 saturated heterocycles. The second-order valence-electron chi connectivity index (χ2n) is 7.59. The SMILES string of the molecule is CC(C)(C)c1nc2c(c(=O)[nH]1)CN(Cc1ccc(Cl)c([N+](=O)[O-])c1)CC2. The van der Waals surface area contributed by atoms with E-state index in [1.54, 1.807) is 6.07 Å². The molecule has 0 spiro atoms. The van der Waals surface area contributed by atoms with Gasteiger partial charge in [-0.15, -0.1) is 0 Å². The van der Waals surface area contributed by atoms with E-state index in [4.69, 9.17) is 11.6 Å². The zero-order valence-corrected chi connectivity index (χ0v) is 15.8. The maximum Gasteiger partial charge on any atom is 0.288 e. The van der Waals surface area contributed by atoms with Crippen molar-refractivity contribution in [3.05, 3.63) is 66.3 Å². The summed E-state index contributed by atoms with van der Waals surface area (Å²) < 4.78 is 0. The lowest BCUT2D eigenvalue weighted by Gasteiger charge is -2.29. The minimum absolute atomic E-state index is 0.101. The maximum atomic E-state index is 12.5. The first-order chi connectivity index (χ1) is 12.1. The lowest BCUT2D eigenvalue weighted by molar-refractivity contribution is -0.384. The largest absolute Gasteiger partial charge is 0.310 e. The van der Waals surface area contributed by atoms with Crippen LogP contribution >= 0.6 is 11.6 Å². The average Bonchev–Trinajstić information content (AvgIpc) is 2.56. The minimum atomic E-state index is -0.486. The van der Waals surface area contributed by atoms with Crippen LogP contribution in [0, 0.1) is 10.1 Å². The van der Waals surface area contributed by atoms with Gasteiger partial charge in [-0.2, -0.15) is 0 Å². The molecule has 1 aliphatic rings. The number of nitrogens with one attached hydrogen (secondary N) is 1. The van der Waals surface area contributed by atoms with E-state index in [0.29, 0.717) is 30.9 Å². The van der Waals surface area contributed by atoms with Gasteiger partial charge >= 0.3 is 0 Å². The Morgan fingerprint density at radius 2 is 2.12 bits per heavy atom. The Labute approximate surface area is 156 Å². The second-order valence-corrected chi connectivity index (χ2v) is 8.00. The molecule has 0 aliphatic carbocycles. The predicted octanol–water partition coefficient (Wildman–Crippen LogP) is 3.19. The van der Waals surface area contributed by atoms with E-state index in [9.17, 15) is 14.9 Å². The summed E-state index contributed by atoms with van der Waals surface area (Å²) in [6.07, 6.45) is 0.679. The van der Waals surface area contributed by atoms with Gasteiger partial charge in [0, 0.05) is 37.5 Å². The number of fused-ring (bicyclic) bond motifs is 1. The summed E-state index contributed by atoms with van der Waals surface area (Å²) in [5, 5.41) is 11.2. The highest BCUT2D eigenvalue weighted by Gasteiger charge is 2.25. The van der Waals surface area contributed by atoms with Crippen molar-refractivity contribution < 1.29 is 4.92 Å². The molecule has 0 amide bonds. The smallest absolute Gasteiger partial charge is 0.288 e. The van der Waals surface area contributed by atoms with Crippen molar-refractivity contribution in [2.45, 2.75) is 45.7 Å². The van der Waals surface area contributed by atoms with E-state index in [-0.39, 0.29) is 21.7 Å². The van der Waals surface area contributed by atoms with Crippen LogP contribution in [0.2, 0.25) is 5.02 Å². The molecule has 0 fully saturated rings. The number of benzene rings is 1. The zero-order valence-electron chi connectivity index (χ0n) is 15.0. The summed E-state index contributed by atoms with van der Waals surface area (Å²) in [6, 6.07) is 4.80. The third-order valence-corrected chi connectivity index (χ3v) is 4.79. The normalized spacial score (nSPS) is 14.9. The molecule has 8 heteroatoms. The fraction of sp³-hybridized carbons (Fsp3) is 0.444. The number of nitro groups is 1. The van der Waals surface area contributed by atoms with Crippen molar-refractivity contribution in [2.75, 3.05) is 6.54 Å². The van der Waals surface area contributed by atoms with Crippen LogP contribution in [0.3, 0.4) is 0 Å². The molecule has 3 rings (SSSR count). The van der Waals surface area contributed by atoms with Gasteiger partial charge in [0.15, 0.2) is 0 Å². The number of aromatic amines is 1. The quantitative estimate of drug-likeness (QED) is 0.656. The number of aromatic nitrogens is 2. The van der Waals surface area contributed by atoms with Gasteiger partial charge < -0.3 is 4.98 Å². The van der Waals surface area contributed by atoms with Gasteiger partial charge in [-0.05, 0) is 11.6 Å². The third kappa shape index (κ3) is 3.78. The zero-order chi connectivity index (χ0) is 19.1. The topological polar surface area (TPSA) is 92.1 Å². The van der Waals surface area contributed by atoms with E-state index < -0.39 is 4.92 Å². The van der Waals surface area contributed by atoms with E-state index in [2.05, 4.69) is 14.9 Å². The monoisotopic (exact) mass is 376 g/mol. The summed E-state index contributed by atoms with van der Waals surface area (Å²) in [7, 11) is 0. The standard InChI is InChI=1S/C18H21ClN4O3/c1-18(2,3)17-20-14-6-7-22(10-12(14)16(24)21-17)9-11-4-5-13(19)15(8-11)23(25)26/h4-5,8H,6-7,9-10H2,1-3H3,(H,20,21,24). The second kappa shape index (κ2) is 6.81. The molecule has 7 nitrogen and oxygen atoms in total. The van der Waals surface area contributed by atoms with Crippen molar-refractivity contribution in [1.29, 1.82) is 0 Å². The Morgan fingerprint density at radius 1 is 1.38 bits per heavy atom. The molecule has 138 valence electrons. The van der Waals surface area contributed by atoms with Gasteiger partial charge in [0.2, 0.25) is 0 Å². The minimum Gasteiger partial charge on any atom is -0.310 e. The first kappa shape index (κ1) is 18.5. The Morgan fingerprint density at radius 3 is 2.77 bits per heavy atom. The van der Waals surface area contributed by atoms with E-state index >= 15 is 0 Å². The van der Waals surface area contributed by atoms with Crippen molar-refractivity contribution in [3.63, 3.8) is 0 Å². The number of halogens is 1. The Hall–Kier alpha value is -2.25. The number of rotatable bonds is 3. The van der Waals surface area contributed by atoms with Crippen LogP contribution in [-0.4, -0.2) is 26.3 Å². The van der Waals surface area contributed by atoms with Crippen molar-refractivity contribution in [3.8, 4) is 0 Å². The molecule has 0 saturated carbocycles. The molecule has 0 unspecified atom stereocenters. The van der Waals surface area contributed by atoms with Crippen LogP contribution in [0.5, 0.6) is 0 Å². The predicted molar refractivity (Wildman–Crippen MR) is 99.5 cm³/mol. The molecule has 26 heavy (non-hydrogen) atoms. The highest BCUT2D eigenvalue weighted by atomic mass is 35.5. The van der Waals surface area contributed by atoms with Crippen molar-refractivity contribution in [2.24, 2.45) is 0 Å². The molecular formula is C18H21ClN4O3. The molecule has 0 radical (unpaired) electrons. The van der Waals surface area contributed by atoms with Gasteiger partial charge in [0.05, 0.1) is 16.2 Å². The maximum absolute atomic E-state index is 12.5. The van der Waals surface area contributed by atoms with Gasteiger partial charge in [0.25, 0.3) is 11.2 Å². The number of hydrogen-bond acceptors (Lipinski definition) is 5. The van der Waals surface area contributed by atoms with Crippen LogP contribution in [0.4, 0.5) is 5.69 Å². The molecule has 1 aliphatic heterocycles. The van der Waals surface area contributed by atoms with Gasteiger partial charge in [-0.1, -0.05) is 38.4 Å². The van der Waals surface area contributed by atoms with Crippen molar-refractivity contribution in [1.82, 2.24) is 14.9 Å². The molecule has 2 aromatic rings. The molecule has 2 heterocycles. The van der Waals surface area contributed by atoms with Crippen LogP contribution in [0.1, 0.15) is 43.4 Å². The molecule has 1 aromatic carbocycles. The van der Waals surface area contributed by atoms with E-state index in [0.717, 1.165) is 17.8 Å². The van der Waals surface area contributed by atoms with Gasteiger partial charge in [-0.3, -0.25) is 19.8 Å². The number of hydrogen-bond donors (Lipinski definition) is 1. The van der Waals surface area contributed by atoms with Crippen LogP contribution in [-0.2, 0) is 24.9 Å². The molecule has 1 aromatic heterocycles. The fourth-order valence-electron chi connectivity index (χ4n) is 3.03. The van der Waals surface area contributed by atoms with E-state index in [1.807, 2.05) is 20.8 Å². The lowest BCUT2D eigenvalue weighted by atomic mass is 9.95. The fourth-order valence-corrected chi connectivity index (χ4v) is 3.21. The molecular weight excluding hydrogens is 356 g/mol. The van der Waals surface area contributed by atoms with Crippen LogP contribution in [0.25, 0.3) is 0 Å².